The Balaban J connectivity index is 0.816. The number of fused-ring (bicyclic) bond motifs is 1. The van der Waals surface area contributed by atoms with Crippen molar-refractivity contribution < 1.29 is 38.0 Å². The Hall–Kier alpha value is -4.94. The normalized spacial score (nSPS) is 15.5. The lowest BCUT2D eigenvalue weighted by Gasteiger charge is -2.34. The zero-order chi connectivity index (χ0) is 41.6. The van der Waals surface area contributed by atoms with Gasteiger partial charge in [-0.05, 0) is 55.3 Å². The largest absolute Gasteiger partial charge is 0.457 e. The summed E-state index contributed by atoms with van der Waals surface area (Å²) in [5.41, 5.74) is 7.02. The molecule has 2 aliphatic rings. The number of nitrogens with one attached hydrogen (secondary N) is 1. The number of para-hydroxylation sites is 1. The van der Waals surface area contributed by atoms with Crippen molar-refractivity contribution in [3.8, 4) is 23.1 Å². The lowest BCUT2D eigenvalue weighted by atomic mass is 10.0. The average molecular weight is 829 g/mol. The smallest absolute Gasteiger partial charge is 0.247 e. The monoisotopic (exact) mass is 828 g/mol. The van der Waals surface area contributed by atoms with Crippen LogP contribution in [0.3, 0.4) is 0 Å². The number of rotatable bonds is 25. The maximum absolute atomic E-state index is 13.1. The molecule has 0 unspecified atom stereocenters. The molecular weight excluding hydrogens is 769 g/mol. The van der Waals surface area contributed by atoms with Gasteiger partial charge in [0.05, 0.1) is 58.4 Å². The number of carbonyl (C=O) groups is 2. The van der Waals surface area contributed by atoms with Crippen LogP contribution in [0.1, 0.15) is 25.3 Å². The third-order valence-electron chi connectivity index (χ3n) is 10.3. The first-order chi connectivity index (χ1) is 29.6. The molecule has 16 heteroatoms. The summed E-state index contributed by atoms with van der Waals surface area (Å²) < 4.78 is 36.0. The van der Waals surface area contributed by atoms with Crippen LogP contribution < -0.4 is 20.5 Å². The highest BCUT2D eigenvalue weighted by Crippen LogP contribution is 2.34. The second-order valence-corrected chi connectivity index (χ2v) is 14.6. The Kier molecular flexibility index (Phi) is 18.6. The first kappa shape index (κ1) is 44.6. The first-order valence-electron chi connectivity index (χ1n) is 21.1. The van der Waals surface area contributed by atoms with Crippen molar-refractivity contribution in [1.82, 2.24) is 34.6 Å². The van der Waals surface area contributed by atoms with Crippen molar-refractivity contribution in [3.05, 3.63) is 85.3 Å². The highest BCUT2D eigenvalue weighted by molar-refractivity contribution is 5.87. The maximum atomic E-state index is 13.1. The summed E-state index contributed by atoms with van der Waals surface area (Å²) in [7, 11) is 0. The van der Waals surface area contributed by atoms with Crippen LogP contribution >= 0.6 is 0 Å². The molecule has 4 heterocycles. The number of hydrogen-bond donors (Lipinski definition) is 2. The van der Waals surface area contributed by atoms with Gasteiger partial charge in [0.1, 0.15) is 29.1 Å². The quantitative estimate of drug-likeness (QED) is 0.0731. The molecular formula is C44H60N8O8. The number of amides is 2. The fourth-order valence-electron chi connectivity index (χ4n) is 7.08. The van der Waals surface area contributed by atoms with Crippen LogP contribution in [0.15, 0.2) is 85.3 Å². The molecule has 0 saturated carbocycles. The molecule has 60 heavy (non-hydrogen) atoms. The first-order valence-corrected chi connectivity index (χ1v) is 21.1. The fraction of sp³-hybridized carbons (Fsp3) is 0.500. The van der Waals surface area contributed by atoms with Gasteiger partial charge in [-0.3, -0.25) is 19.4 Å². The summed E-state index contributed by atoms with van der Waals surface area (Å²) in [6, 6.07) is 19.3. The predicted octanol–water partition coefficient (Wildman–Crippen LogP) is 3.88. The highest BCUT2D eigenvalue weighted by Gasteiger charge is 2.25. The lowest BCUT2D eigenvalue weighted by Crippen LogP contribution is -2.48. The Morgan fingerprint density at radius 3 is 2.02 bits per heavy atom. The molecule has 0 spiro atoms. The second kappa shape index (κ2) is 25.0. The zero-order valence-electron chi connectivity index (χ0n) is 34.5. The predicted molar refractivity (Wildman–Crippen MR) is 227 cm³/mol. The van der Waals surface area contributed by atoms with Gasteiger partial charge in [-0.25, -0.2) is 4.98 Å². The minimum atomic E-state index is -0.0145. The molecule has 0 radical (unpaired) electrons. The number of hydrogen-bond acceptors (Lipinski definition) is 13. The molecule has 2 saturated heterocycles. The summed E-state index contributed by atoms with van der Waals surface area (Å²) in [5, 5.41) is 2.99. The van der Waals surface area contributed by atoms with E-state index in [0.717, 1.165) is 68.9 Å². The molecule has 2 aromatic carbocycles. The van der Waals surface area contributed by atoms with Crippen molar-refractivity contribution in [2.75, 3.05) is 118 Å². The number of benzene rings is 2. The van der Waals surface area contributed by atoms with E-state index in [1.54, 1.807) is 6.08 Å². The maximum Gasteiger partial charge on any atom is 0.247 e. The van der Waals surface area contributed by atoms with Crippen LogP contribution in [0.4, 0.5) is 0 Å². The van der Waals surface area contributed by atoms with Crippen LogP contribution in [0.5, 0.6) is 23.1 Å². The molecule has 324 valence electrons. The minimum Gasteiger partial charge on any atom is -0.457 e. The zero-order valence-corrected chi connectivity index (χ0v) is 34.5. The Bertz CT molecular complexity index is 1880. The van der Waals surface area contributed by atoms with Gasteiger partial charge in [0.15, 0.2) is 0 Å². The third kappa shape index (κ3) is 14.7. The van der Waals surface area contributed by atoms with Crippen molar-refractivity contribution in [2.24, 2.45) is 5.73 Å². The van der Waals surface area contributed by atoms with Crippen LogP contribution in [0.2, 0.25) is 0 Å². The van der Waals surface area contributed by atoms with Gasteiger partial charge in [-0.2, -0.15) is 4.98 Å². The number of nitrogens with zero attached hydrogens (tertiary/aromatic N) is 6. The summed E-state index contributed by atoms with van der Waals surface area (Å²) in [5.74, 6) is 2.66. The molecule has 0 bridgehead atoms. The minimum absolute atomic E-state index is 0.0145. The van der Waals surface area contributed by atoms with E-state index in [2.05, 4.69) is 29.7 Å². The van der Waals surface area contributed by atoms with E-state index in [1.807, 2.05) is 77.8 Å². The van der Waals surface area contributed by atoms with Crippen LogP contribution in [0.25, 0.3) is 11.0 Å². The Morgan fingerprint density at radius 1 is 0.717 bits per heavy atom. The molecule has 6 rings (SSSR count). The number of piperidine rings is 1. The van der Waals surface area contributed by atoms with Crippen LogP contribution in [-0.4, -0.2) is 159 Å². The Labute approximate surface area is 352 Å². The molecule has 2 aromatic heterocycles. The van der Waals surface area contributed by atoms with E-state index >= 15 is 0 Å². The summed E-state index contributed by atoms with van der Waals surface area (Å²) in [6.07, 6.45) is 9.23. The second-order valence-electron chi connectivity index (χ2n) is 14.6. The molecule has 2 fully saturated rings. The fourth-order valence-corrected chi connectivity index (χ4v) is 7.08. The van der Waals surface area contributed by atoms with Gasteiger partial charge in [-0.15, -0.1) is 0 Å². The molecule has 2 amide bonds. The Morgan fingerprint density at radius 2 is 1.33 bits per heavy atom. The van der Waals surface area contributed by atoms with Gasteiger partial charge in [-0.1, -0.05) is 24.3 Å². The topological polar surface area (TPSA) is 168 Å². The third-order valence-corrected chi connectivity index (χ3v) is 10.3. The number of aromatic nitrogens is 3. The van der Waals surface area contributed by atoms with Crippen molar-refractivity contribution in [2.45, 2.75) is 25.3 Å². The molecule has 4 aromatic rings. The number of nitrogens with two attached hydrogens (primary N) is 1. The highest BCUT2D eigenvalue weighted by atomic mass is 16.6. The van der Waals surface area contributed by atoms with E-state index in [0.29, 0.717) is 103 Å². The van der Waals surface area contributed by atoms with E-state index in [9.17, 15) is 9.59 Å². The summed E-state index contributed by atoms with van der Waals surface area (Å²) in [4.78, 5) is 41.0. The van der Waals surface area contributed by atoms with Crippen LogP contribution in [-0.2, 0) is 28.5 Å². The number of carbonyl (C=O) groups excluding carboxylic acids is 2. The molecule has 0 aliphatic carbocycles. The van der Waals surface area contributed by atoms with Crippen LogP contribution in [0, 0.1) is 0 Å². The van der Waals surface area contributed by atoms with Gasteiger partial charge >= 0.3 is 0 Å². The molecule has 0 atom stereocenters. The molecule has 2 aliphatic heterocycles. The standard InChI is InChI=1S/C44H60N8O8/c45-16-28-56-30-32-58-34-33-57-31-29-55-27-15-41(53)46-17-22-50-25-23-49(24-26-50)18-4-7-42(54)51-19-12-36(13-20-51)52-21-14-40-43(52)44(48-35-47-40)60-39-10-8-38(9-11-39)59-37-5-2-1-3-6-37/h1-11,14,21,35-36H,12-13,15-20,22-34,45H2,(H,46,53). The van der Waals surface area contributed by atoms with E-state index in [-0.39, 0.29) is 17.9 Å². The number of piperazine rings is 1. The summed E-state index contributed by atoms with van der Waals surface area (Å²) >= 11 is 0. The van der Waals surface area contributed by atoms with Crippen molar-refractivity contribution in [1.29, 1.82) is 0 Å². The SMILES string of the molecule is NCCOCCOCCOCCOCCC(=O)NCCN1CCN(CC=CC(=O)N2CCC(n3ccc4ncnc(Oc5ccc(Oc6ccccc6)cc5)c43)CC2)CC1. The van der Waals surface area contributed by atoms with E-state index in [4.69, 9.17) is 34.2 Å². The van der Waals surface area contributed by atoms with Gasteiger partial charge < -0.3 is 48.9 Å². The van der Waals surface area contributed by atoms with Gasteiger partial charge in [0, 0.05) is 90.2 Å². The van der Waals surface area contributed by atoms with Gasteiger partial charge in [0.25, 0.3) is 0 Å². The summed E-state index contributed by atoms with van der Waals surface area (Å²) in [6.45, 7) is 11.5. The molecule has 3 N–H and O–H groups in total. The molecule has 16 nitrogen and oxygen atoms in total. The van der Waals surface area contributed by atoms with E-state index < -0.39 is 0 Å². The van der Waals surface area contributed by atoms with E-state index in [1.165, 1.54) is 6.33 Å². The van der Waals surface area contributed by atoms with Gasteiger partial charge in [0.2, 0.25) is 17.7 Å². The van der Waals surface area contributed by atoms with Crippen molar-refractivity contribution in [3.63, 3.8) is 0 Å². The lowest BCUT2D eigenvalue weighted by molar-refractivity contribution is -0.127. The average Bonchev–Trinajstić information content (AvgIpc) is 3.72. The number of ether oxygens (including phenoxy) is 6. The van der Waals surface area contributed by atoms with Crippen molar-refractivity contribution >= 4 is 22.8 Å². The number of likely N-dealkylation sites (tertiary alicyclic amines) is 1.